The first-order chi connectivity index (χ1) is 9.99. The topological polar surface area (TPSA) is 82.3 Å². The van der Waals surface area contributed by atoms with Gasteiger partial charge in [-0.05, 0) is 42.3 Å². The molecule has 0 radical (unpaired) electrons. The maximum atomic E-state index is 11.6. The number of aromatic nitrogens is 1. The number of benzene rings is 1. The predicted molar refractivity (Wildman–Crippen MR) is 80.5 cm³/mol. The van der Waals surface area contributed by atoms with Crippen LogP contribution in [0.2, 0.25) is 0 Å². The number of aliphatic hydroxyl groups is 1. The van der Waals surface area contributed by atoms with Gasteiger partial charge in [0.25, 0.3) is 5.91 Å². The second-order valence-electron chi connectivity index (χ2n) is 6.07. The molecule has 2 aromatic rings. The van der Waals surface area contributed by atoms with E-state index in [9.17, 15) is 9.90 Å². The number of hydrogen-bond acceptors (Lipinski definition) is 3. The molecule has 1 aliphatic heterocycles. The number of nitrogens with two attached hydrogens (primary N) is 1. The molecule has 0 unspecified atom stereocenters. The van der Waals surface area contributed by atoms with Crippen LogP contribution in [0.25, 0.3) is 16.5 Å². The maximum absolute atomic E-state index is 11.6. The van der Waals surface area contributed by atoms with E-state index < -0.39 is 11.5 Å². The van der Waals surface area contributed by atoms with Crippen LogP contribution in [0.5, 0.6) is 0 Å². The van der Waals surface area contributed by atoms with Crippen LogP contribution in [-0.2, 0) is 11.2 Å². The van der Waals surface area contributed by atoms with E-state index in [0.717, 1.165) is 23.1 Å². The molecule has 0 fully saturated rings. The summed E-state index contributed by atoms with van der Waals surface area (Å²) in [5.41, 5.74) is 8.21. The van der Waals surface area contributed by atoms with Crippen molar-refractivity contribution in [2.45, 2.75) is 18.1 Å². The third kappa shape index (κ3) is 1.61. The largest absolute Gasteiger partial charge is 0.375 e. The summed E-state index contributed by atoms with van der Waals surface area (Å²) in [7, 11) is 1.92. The van der Waals surface area contributed by atoms with Crippen LogP contribution in [0.4, 0.5) is 0 Å². The van der Waals surface area contributed by atoms with Crippen molar-refractivity contribution in [2.24, 2.45) is 5.73 Å². The van der Waals surface area contributed by atoms with Crippen molar-refractivity contribution in [3.8, 4) is 0 Å². The van der Waals surface area contributed by atoms with E-state index in [0.29, 0.717) is 0 Å². The molecule has 2 atom stereocenters. The Morgan fingerprint density at radius 3 is 3.10 bits per heavy atom. The molecule has 0 bridgehead atoms. The number of carbonyl (C=O) groups excluding carboxylic acids is 1. The van der Waals surface area contributed by atoms with Gasteiger partial charge in [0.1, 0.15) is 0 Å². The Hall–Kier alpha value is -2.11. The molecule has 21 heavy (non-hydrogen) atoms. The van der Waals surface area contributed by atoms with Crippen molar-refractivity contribution >= 4 is 22.4 Å². The van der Waals surface area contributed by atoms with E-state index in [4.69, 9.17) is 5.73 Å². The molecule has 4 rings (SSSR count). The molecule has 1 aromatic carbocycles. The molecule has 0 saturated carbocycles. The van der Waals surface area contributed by atoms with Gasteiger partial charge in [0.2, 0.25) is 0 Å². The Bertz CT molecular complexity index is 792. The smallest absolute Gasteiger partial charge is 0.254 e. The minimum Gasteiger partial charge on any atom is -0.375 e. The van der Waals surface area contributed by atoms with E-state index in [1.807, 2.05) is 36.3 Å². The molecule has 1 amide bonds. The fraction of sp³-hybridized carbons (Fsp3) is 0.312. The highest BCUT2D eigenvalue weighted by molar-refractivity contribution is 6.00. The molecule has 5 nitrogen and oxygen atoms in total. The summed E-state index contributed by atoms with van der Waals surface area (Å²) in [6, 6.07) is 6.23. The van der Waals surface area contributed by atoms with E-state index in [2.05, 4.69) is 4.98 Å². The number of carbonyl (C=O) groups is 1. The Labute approximate surface area is 122 Å². The lowest BCUT2D eigenvalue weighted by atomic mass is 9.78. The number of aromatic amines is 1. The first kappa shape index (κ1) is 12.6. The summed E-state index contributed by atoms with van der Waals surface area (Å²) in [6.45, 7) is 0.228. The molecule has 1 aliphatic carbocycles. The molecule has 4 N–H and O–H groups in total. The van der Waals surface area contributed by atoms with Gasteiger partial charge in [-0.1, -0.05) is 12.1 Å². The van der Waals surface area contributed by atoms with Gasteiger partial charge in [-0.25, -0.2) is 0 Å². The lowest BCUT2D eigenvalue weighted by molar-refractivity contribution is -0.133. The van der Waals surface area contributed by atoms with Crippen LogP contribution < -0.4 is 5.73 Å². The highest BCUT2D eigenvalue weighted by Gasteiger charge is 2.42. The standard InChI is InChI=1S/C16H17N3O2/c1-19-8-16(21,15(17)20)6-11-10-3-2-4-12-14(10)9(7-18-12)5-13(11)19/h2-4,6-7,13,18,21H,5,8H2,1H3,(H2,17,20)/t13-,16+/m1/s1. The van der Waals surface area contributed by atoms with E-state index in [-0.39, 0.29) is 12.6 Å². The van der Waals surface area contributed by atoms with Gasteiger partial charge in [-0.2, -0.15) is 0 Å². The Kier molecular flexibility index (Phi) is 2.38. The number of nitrogens with one attached hydrogen (secondary N) is 1. The summed E-state index contributed by atoms with van der Waals surface area (Å²) in [5, 5.41) is 11.7. The fourth-order valence-corrected chi connectivity index (χ4v) is 3.66. The van der Waals surface area contributed by atoms with Gasteiger partial charge in [0, 0.05) is 29.7 Å². The van der Waals surface area contributed by atoms with E-state index in [1.54, 1.807) is 6.08 Å². The molecule has 2 aliphatic rings. The summed E-state index contributed by atoms with van der Waals surface area (Å²) >= 11 is 0. The zero-order chi connectivity index (χ0) is 14.8. The van der Waals surface area contributed by atoms with Crippen molar-refractivity contribution in [3.63, 3.8) is 0 Å². The number of H-pyrrole nitrogens is 1. The zero-order valence-electron chi connectivity index (χ0n) is 11.8. The maximum Gasteiger partial charge on any atom is 0.254 e. The average molecular weight is 283 g/mol. The molecule has 1 aromatic heterocycles. The van der Waals surface area contributed by atoms with Crippen LogP contribution in [0.1, 0.15) is 11.1 Å². The monoisotopic (exact) mass is 283 g/mol. The molecule has 5 heteroatoms. The number of likely N-dealkylation sites (N-methyl/N-ethyl adjacent to an activating group) is 1. The molecule has 108 valence electrons. The average Bonchev–Trinajstić information content (AvgIpc) is 2.85. The van der Waals surface area contributed by atoms with Crippen molar-refractivity contribution in [3.05, 3.63) is 41.6 Å². The number of amides is 1. The zero-order valence-corrected chi connectivity index (χ0v) is 11.8. The van der Waals surface area contributed by atoms with Crippen molar-refractivity contribution in [1.29, 1.82) is 0 Å². The minimum absolute atomic E-state index is 0.165. The van der Waals surface area contributed by atoms with Crippen LogP contribution in [-0.4, -0.2) is 46.1 Å². The van der Waals surface area contributed by atoms with Crippen molar-refractivity contribution < 1.29 is 9.90 Å². The van der Waals surface area contributed by atoms with Crippen molar-refractivity contribution in [1.82, 2.24) is 9.88 Å². The van der Waals surface area contributed by atoms with Gasteiger partial charge < -0.3 is 15.8 Å². The first-order valence-electron chi connectivity index (χ1n) is 7.04. The lowest BCUT2D eigenvalue weighted by Crippen LogP contribution is -2.56. The normalized spacial score (nSPS) is 28.3. The Morgan fingerprint density at radius 2 is 2.33 bits per heavy atom. The second kappa shape index (κ2) is 3.96. The summed E-state index contributed by atoms with van der Waals surface area (Å²) in [5.74, 6) is -0.702. The van der Waals surface area contributed by atoms with Crippen LogP contribution in [0.15, 0.2) is 30.5 Å². The summed E-state index contributed by atoms with van der Waals surface area (Å²) in [6.07, 6.45) is 4.58. The van der Waals surface area contributed by atoms with Crippen LogP contribution in [0.3, 0.4) is 0 Å². The Balaban J connectivity index is 2.00. The highest BCUT2D eigenvalue weighted by atomic mass is 16.3. The third-order valence-corrected chi connectivity index (χ3v) is 4.71. The van der Waals surface area contributed by atoms with Crippen LogP contribution >= 0.6 is 0 Å². The number of rotatable bonds is 1. The summed E-state index contributed by atoms with van der Waals surface area (Å²) in [4.78, 5) is 16.9. The van der Waals surface area contributed by atoms with Gasteiger partial charge in [0.15, 0.2) is 5.60 Å². The molecule has 0 saturated heterocycles. The SMILES string of the molecule is CN1C[C@](O)(C(N)=O)C=C2c3cccc4[nH]cc(c34)C[C@H]21. The number of fused-ring (bicyclic) bond motifs is 2. The van der Waals surface area contributed by atoms with E-state index >= 15 is 0 Å². The molecular weight excluding hydrogens is 266 g/mol. The predicted octanol–water partition coefficient (Wildman–Crippen LogP) is 0.638. The first-order valence-corrected chi connectivity index (χ1v) is 7.04. The van der Waals surface area contributed by atoms with Gasteiger partial charge >= 0.3 is 0 Å². The number of β-amino-alcohol motifs (C(OH)–C–C–N with tert-alkyl or cyclic N) is 1. The molecular formula is C16H17N3O2. The second-order valence-corrected chi connectivity index (χ2v) is 6.07. The lowest BCUT2D eigenvalue weighted by Gasteiger charge is -2.42. The molecule has 2 heterocycles. The minimum atomic E-state index is -1.60. The number of nitrogens with zero attached hydrogens (tertiary/aromatic N) is 1. The van der Waals surface area contributed by atoms with E-state index in [1.165, 1.54) is 10.9 Å². The summed E-state index contributed by atoms with van der Waals surface area (Å²) < 4.78 is 0. The fourth-order valence-electron chi connectivity index (χ4n) is 3.66. The highest BCUT2D eigenvalue weighted by Crippen LogP contribution is 2.41. The van der Waals surface area contributed by atoms with Gasteiger partial charge in [0.05, 0.1) is 0 Å². The van der Waals surface area contributed by atoms with Crippen molar-refractivity contribution in [2.75, 3.05) is 13.6 Å². The number of hydrogen-bond donors (Lipinski definition) is 3. The Morgan fingerprint density at radius 1 is 1.52 bits per heavy atom. The quantitative estimate of drug-likeness (QED) is 0.718. The third-order valence-electron chi connectivity index (χ3n) is 4.71. The molecule has 0 spiro atoms. The van der Waals surface area contributed by atoms with Gasteiger partial charge in [-0.15, -0.1) is 0 Å². The van der Waals surface area contributed by atoms with Gasteiger partial charge in [-0.3, -0.25) is 9.69 Å². The van der Waals surface area contributed by atoms with Crippen LogP contribution in [0, 0.1) is 0 Å². The number of primary amides is 1.